The van der Waals surface area contributed by atoms with Crippen LogP contribution in [0.1, 0.15) is 23.8 Å². The molecule has 0 fully saturated rings. The van der Waals surface area contributed by atoms with E-state index in [2.05, 4.69) is 27.1 Å². The van der Waals surface area contributed by atoms with Gasteiger partial charge in [0.05, 0.1) is 16.2 Å². The van der Waals surface area contributed by atoms with Crippen LogP contribution in [0.5, 0.6) is 0 Å². The fraction of sp³-hybridized carbons (Fsp3) is 0.429. The van der Waals surface area contributed by atoms with Gasteiger partial charge in [-0.15, -0.1) is 21.5 Å². The molecule has 0 bridgehead atoms. The fourth-order valence-corrected chi connectivity index (χ4v) is 4.92. The van der Waals surface area contributed by atoms with Crippen molar-refractivity contribution >= 4 is 32.4 Å². The monoisotopic (exact) mass is 333 g/mol. The van der Waals surface area contributed by atoms with Crippen LogP contribution in [0.25, 0.3) is 16.0 Å². The Balaban J connectivity index is 1.99. The lowest BCUT2D eigenvalue weighted by Crippen LogP contribution is -2.10. The summed E-state index contributed by atoms with van der Waals surface area (Å²) < 4.78 is 13.6. The van der Waals surface area contributed by atoms with E-state index < -0.39 is 10.8 Å². The Morgan fingerprint density at radius 2 is 2.27 bits per heavy atom. The Bertz CT molecular complexity index is 885. The molecule has 0 saturated heterocycles. The number of fused-ring (bicyclic) bond motifs is 3. The van der Waals surface area contributed by atoms with Crippen LogP contribution in [0.15, 0.2) is 17.8 Å². The molecule has 3 aromatic heterocycles. The van der Waals surface area contributed by atoms with E-state index in [1.165, 1.54) is 16.9 Å². The molecule has 0 aliphatic heterocycles. The first-order valence-electron chi connectivity index (χ1n) is 7.14. The van der Waals surface area contributed by atoms with Crippen molar-refractivity contribution in [1.82, 2.24) is 24.7 Å². The zero-order valence-electron chi connectivity index (χ0n) is 12.3. The van der Waals surface area contributed by atoms with Crippen molar-refractivity contribution in [2.24, 2.45) is 5.92 Å². The van der Waals surface area contributed by atoms with Crippen molar-refractivity contribution in [2.45, 2.75) is 31.3 Å². The molecule has 0 radical (unpaired) electrons. The van der Waals surface area contributed by atoms with Gasteiger partial charge in [0.25, 0.3) is 0 Å². The first-order chi connectivity index (χ1) is 10.6. The number of aryl methyl sites for hydroxylation is 1. The molecule has 3 heterocycles. The van der Waals surface area contributed by atoms with Crippen molar-refractivity contribution in [3.8, 4) is 5.82 Å². The minimum absolute atomic E-state index is 0.420. The summed E-state index contributed by atoms with van der Waals surface area (Å²) in [4.78, 5) is 11.3. The summed E-state index contributed by atoms with van der Waals surface area (Å²) >= 11 is 1.75. The molecule has 6 nitrogen and oxygen atoms in total. The van der Waals surface area contributed by atoms with Gasteiger partial charge < -0.3 is 0 Å². The van der Waals surface area contributed by atoms with Gasteiger partial charge >= 0.3 is 0 Å². The molecule has 114 valence electrons. The first-order valence-corrected chi connectivity index (χ1v) is 9.51. The summed E-state index contributed by atoms with van der Waals surface area (Å²) in [5, 5.41) is 9.35. The average Bonchev–Trinajstić information content (AvgIpc) is 3.10. The van der Waals surface area contributed by atoms with E-state index in [1.54, 1.807) is 34.8 Å². The molecule has 0 spiro atoms. The highest BCUT2D eigenvalue weighted by atomic mass is 32.2. The lowest BCUT2D eigenvalue weighted by molar-refractivity contribution is 0.509. The number of hydrogen-bond donors (Lipinski definition) is 0. The van der Waals surface area contributed by atoms with Crippen LogP contribution in [-0.2, 0) is 23.6 Å². The lowest BCUT2D eigenvalue weighted by atomic mass is 9.89. The highest BCUT2D eigenvalue weighted by Gasteiger charge is 2.24. The average molecular weight is 333 g/mol. The number of nitrogens with zero attached hydrogens (tertiary/aromatic N) is 5. The summed E-state index contributed by atoms with van der Waals surface area (Å²) in [6.45, 7) is 2.29. The Morgan fingerprint density at radius 3 is 3.09 bits per heavy atom. The molecule has 3 aromatic rings. The largest absolute Gasteiger partial charge is 0.257 e. The molecule has 0 N–H and O–H groups in total. The van der Waals surface area contributed by atoms with Crippen LogP contribution in [0.3, 0.4) is 0 Å². The fourth-order valence-electron chi connectivity index (χ4n) is 3.01. The molecule has 1 aliphatic rings. The summed E-state index contributed by atoms with van der Waals surface area (Å²) in [5.74, 6) is 1.46. The predicted molar refractivity (Wildman–Crippen MR) is 85.9 cm³/mol. The molecule has 8 heteroatoms. The van der Waals surface area contributed by atoms with Crippen LogP contribution in [0.4, 0.5) is 0 Å². The van der Waals surface area contributed by atoms with Crippen LogP contribution in [-0.4, -0.2) is 35.2 Å². The highest BCUT2D eigenvalue weighted by molar-refractivity contribution is 7.84. The summed E-state index contributed by atoms with van der Waals surface area (Å²) in [6, 6.07) is 0. The molecular formula is C14H15N5OS2. The second kappa shape index (κ2) is 5.20. The van der Waals surface area contributed by atoms with Crippen molar-refractivity contribution in [2.75, 3.05) is 6.26 Å². The van der Waals surface area contributed by atoms with E-state index in [1.807, 2.05) is 0 Å². The molecular weight excluding hydrogens is 318 g/mol. The molecule has 2 unspecified atom stereocenters. The standard InChI is InChI=1S/C14H15N5OS2/c1-8-3-4-9-10(5-8)21-13-11(9)12(15-6-16-13)19-7-17-18-14(19)22(2)20/h6-8H,3-5H2,1-2H3. The van der Waals surface area contributed by atoms with Crippen LogP contribution < -0.4 is 0 Å². The van der Waals surface area contributed by atoms with Crippen LogP contribution >= 0.6 is 11.3 Å². The third kappa shape index (κ3) is 2.09. The van der Waals surface area contributed by atoms with E-state index >= 15 is 0 Å². The number of hydrogen-bond acceptors (Lipinski definition) is 6. The number of thiophene rings is 1. The second-order valence-corrected chi connectivity index (χ2v) is 8.02. The van der Waals surface area contributed by atoms with Crippen molar-refractivity contribution in [1.29, 1.82) is 0 Å². The molecule has 0 saturated carbocycles. The summed E-state index contributed by atoms with van der Waals surface area (Å²) in [7, 11) is -1.22. The smallest absolute Gasteiger partial charge is 0.226 e. The minimum Gasteiger partial charge on any atom is -0.257 e. The molecule has 0 aromatic carbocycles. The van der Waals surface area contributed by atoms with Gasteiger partial charge in [0, 0.05) is 11.1 Å². The van der Waals surface area contributed by atoms with Crippen molar-refractivity contribution < 1.29 is 4.21 Å². The molecule has 4 rings (SSSR count). The zero-order chi connectivity index (χ0) is 15.3. The molecule has 1 aliphatic carbocycles. The van der Waals surface area contributed by atoms with Gasteiger partial charge in [-0.2, -0.15) is 0 Å². The Morgan fingerprint density at radius 1 is 1.41 bits per heavy atom. The van der Waals surface area contributed by atoms with Gasteiger partial charge in [-0.1, -0.05) is 6.92 Å². The molecule has 0 amide bonds. The number of aromatic nitrogens is 5. The Kier molecular flexibility index (Phi) is 3.30. The topological polar surface area (TPSA) is 73.6 Å². The van der Waals surface area contributed by atoms with Gasteiger partial charge in [-0.25, -0.2) is 9.97 Å². The highest BCUT2D eigenvalue weighted by Crippen LogP contribution is 2.39. The van der Waals surface area contributed by atoms with Crippen LogP contribution in [0.2, 0.25) is 0 Å². The zero-order valence-corrected chi connectivity index (χ0v) is 13.9. The minimum atomic E-state index is -1.22. The van der Waals surface area contributed by atoms with Crippen molar-refractivity contribution in [3.05, 3.63) is 23.1 Å². The predicted octanol–water partition coefficient (Wildman–Crippen LogP) is 2.13. The van der Waals surface area contributed by atoms with E-state index in [0.29, 0.717) is 11.1 Å². The van der Waals surface area contributed by atoms with Gasteiger partial charge in [0.15, 0.2) is 5.82 Å². The molecule has 22 heavy (non-hydrogen) atoms. The van der Waals surface area contributed by atoms with Gasteiger partial charge in [-0.3, -0.25) is 8.78 Å². The van der Waals surface area contributed by atoms with Gasteiger partial charge in [0.1, 0.15) is 17.5 Å². The maximum absolute atomic E-state index is 11.9. The Hall–Kier alpha value is -1.67. The maximum Gasteiger partial charge on any atom is 0.226 e. The second-order valence-electron chi connectivity index (χ2n) is 5.67. The normalized spacial score (nSPS) is 19.3. The summed E-state index contributed by atoms with van der Waals surface area (Å²) in [6.07, 6.45) is 8.07. The third-order valence-electron chi connectivity index (χ3n) is 4.07. The molecule has 2 atom stereocenters. The Labute approximate surface area is 134 Å². The number of rotatable bonds is 2. The van der Waals surface area contributed by atoms with Crippen LogP contribution in [0, 0.1) is 5.92 Å². The van der Waals surface area contributed by atoms with Gasteiger partial charge in [0.2, 0.25) is 5.16 Å². The quantitative estimate of drug-likeness (QED) is 0.718. The lowest BCUT2D eigenvalue weighted by Gasteiger charge is -2.18. The van der Waals surface area contributed by atoms with E-state index in [4.69, 9.17) is 0 Å². The van der Waals surface area contributed by atoms with E-state index in [0.717, 1.165) is 28.9 Å². The SMILES string of the molecule is CC1CCc2c(sc3ncnc(-n4cnnc4S(C)=O)c23)C1. The summed E-state index contributed by atoms with van der Waals surface area (Å²) in [5.41, 5.74) is 1.34. The van der Waals surface area contributed by atoms with Gasteiger partial charge in [-0.05, 0) is 30.7 Å². The van der Waals surface area contributed by atoms with E-state index in [9.17, 15) is 4.21 Å². The maximum atomic E-state index is 11.9. The van der Waals surface area contributed by atoms with E-state index in [-0.39, 0.29) is 0 Å². The first kappa shape index (κ1) is 14.0. The third-order valence-corrected chi connectivity index (χ3v) is 6.03. The van der Waals surface area contributed by atoms with Crippen molar-refractivity contribution in [3.63, 3.8) is 0 Å².